The molecule has 0 fully saturated rings. The van der Waals surface area contributed by atoms with Crippen LogP contribution in [0.3, 0.4) is 0 Å². The number of benzene rings is 1. The topological polar surface area (TPSA) is 66.4 Å². The standard InChI is InChI=1S/C12H13F2NO3/c1-7-4-5-8(13)10(11(7)14)12(18)15-6-2-3-9(16)17/h4-5H,2-3,6H2,1H3,(H,15,18)(H,16,17). The molecule has 4 nitrogen and oxygen atoms in total. The zero-order valence-corrected chi connectivity index (χ0v) is 9.80. The van der Waals surface area contributed by atoms with E-state index in [4.69, 9.17) is 5.11 Å². The van der Waals surface area contributed by atoms with Crippen LogP contribution < -0.4 is 5.32 Å². The SMILES string of the molecule is Cc1ccc(F)c(C(=O)NCCCC(=O)O)c1F. The highest BCUT2D eigenvalue weighted by Gasteiger charge is 2.18. The number of carbonyl (C=O) groups excluding carboxylic acids is 1. The van der Waals surface area contributed by atoms with Gasteiger partial charge in [0.15, 0.2) is 0 Å². The number of rotatable bonds is 5. The maximum atomic E-state index is 13.6. The molecule has 6 heteroatoms. The summed E-state index contributed by atoms with van der Waals surface area (Å²) >= 11 is 0. The maximum absolute atomic E-state index is 13.6. The highest BCUT2D eigenvalue weighted by Crippen LogP contribution is 2.16. The van der Waals surface area contributed by atoms with Crippen LogP contribution in [0.5, 0.6) is 0 Å². The van der Waals surface area contributed by atoms with E-state index >= 15 is 0 Å². The number of halogens is 2. The molecule has 1 aromatic carbocycles. The second-order valence-electron chi connectivity index (χ2n) is 3.81. The minimum absolute atomic E-state index is 0.0535. The van der Waals surface area contributed by atoms with Gasteiger partial charge in [0.2, 0.25) is 0 Å². The van der Waals surface area contributed by atoms with Gasteiger partial charge in [-0.25, -0.2) is 8.78 Å². The molecule has 2 N–H and O–H groups in total. The van der Waals surface area contributed by atoms with Crippen molar-refractivity contribution in [3.8, 4) is 0 Å². The summed E-state index contributed by atoms with van der Waals surface area (Å²) < 4.78 is 26.9. The van der Waals surface area contributed by atoms with E-state index < -0.39 is 29.1 Å². The molecule has 98 valence electrons. The second-order valence-corrected chi connectivity index (χ2v) is 3.81. The predicted octanol–water partition coefficient (Wildman–Crippen LogP) is 1.87. The first-order chi connectivity index (χ1) is 8.43. The van der Waals surface area contributed by atoms with Crippen molar-refractivity contribution < 1.29 is 23.5 Å². The summed E-state index contributed by atoms with van der Waals surface area (Å²) in [5, 5.41) is 10.7. The Labute approximate surface area is 103 Å². The molecule has 1 rings (SSSR count). The molecule has 1 amide bonds. The van der Waals surface area contributed by atoms with Gasteiger partial charge >= 0.3 is 5.97 Å². The largest absolute Gasteiger partial charge is 0.481 e. The van der Waals surface area contributed by atoms with Crippen LogP contribution in [0.25, 0.3) is 0 Å². The molecule has 0 heterocycles. The molecule has 0 aliphatic carbocycles. The van der Waals surface area contributed by atoms with Crippen molar-refractivity contribution in [2.75, 3.05) is 6.54 Å². The van der Waals surface area contributed by atoms with Crippen molar-refractivity contribution in [2.45, 2.75) is 19.8 Å². The number of carboxylic acids is 1. The van der Waals surface area contributed by atoms with Gasteiger partial charge in [0.1, 0.15) is 17.2 Å². The lowest BCUT2D eigenvalue weighted by Crippen LogP contribution is -2.27. The average molecular weight is 257 g/mol. The van der Waals surface area contributed by atoms with E-state index in [9.17, 15) is 18.4 Å². The Kier molecular flexibility index (Phi) is 4.76. The predicted molar refractivity (Wildman–Crippen MR) is 60.3 cm³/mol. The number of amides is 1. The van der Waals surface area contributed by atoms with Gasteiger partial charge in [-0.15, -0.1) is 0 Å². The highest BCUT2D eigenvalue weighted by molar-refractivity contribution is 5.94. The fraction of sp³-hybridized carbons (Fsp3) is 0.333. The molecule has 0 spiro atoms. The molecular formula is C12H13F2NO3. The van der Waals surface area contributed by atoms with Gasteiger partial charge in [-0.3, -0.25) is 9.59 Å². The Balaban J connectivity index is 2.67. The van der Waals surface area contributed by atoms with Crippen LogP contribution in [0, 0.1) is 18.6 Å². The van der Waals surface area contributed by atoms with E-state index in [0.717, 1.165) is 6.07 Å². The molecule has 0 atom stereocenters. The Hall–Kier alpha value is -1.98. The fourth-order valence-electron chi connectivity index (χ4n) is 1.39. The number of aliphatic carboxylic acids is 1. The van der Waals surface area contributed by atoms with Crippen molar-refractivity contribution in [1.29, 1.82) is 0 Å². The minimum Gasteiger partial charge on any atom is -0.481 e. The van der Waals surface area contributed by atoms with Crippen LogP contribution in [-0.4, -0.2) is 23.5 Å². The molecule has 18 heavy (non-hydrogen) atoms. The molecule has 0 aliphatic rings. The molecule has 0 saturated heterocycles. The zero-order chi connectivity index (χ0) is 13.7. The van der Waals surface area contributed by atoms with Gasteiger partial charge in [0.25, 0.3) is 5.91 Å². The van der Waals surface area contributed by atoms with Crippen molar-refractivity contribution >= 4 is 11.9 Å². The lowest BCUT2D eigenvalue weighted by molar-refractivity contribution is -0.137. The fourth-order valence-corrected chi connectivity index (χ4v) is 1.39. The summed E-state index contributed by atoms with van der Waals surface area (Å²) in [6.07, 6.45) is 0.0924. The number of hydrogen-bond donors (Lipinski definition) is 2. The van der Waals surface area contributed by atoms with Gasteiger partial charge < -0.3 is 10.4 Å². The van der Waals surface area contributed by atoms with Crippen molar-refractivity contribution in [2.24, 2.45) is 0 Å². The normalized spacial score (nSPS) is 10.2. The lowest BCUT2D eigenvalue weighted by atomic mass is 10.1. The number of hydrogen-bond acceptors (Lipinski definition) is 2. The highest BCUT2D eigenvalue weighted by atomic mass is 19.1. The first-order valence-corrected chi connectivity index (χ1v) is 5.38. The third kappa shape index (κ3) is 3.51. The summed E-state index contributed by atoms with van der Waals surface area (Å²) in [6.45, 7) is 1.48. The summed E-state index contributed by atoms with van der Waals surface area (Å²) in [7, 11) is 0. The zero-order valence-electron chi connectivity index (χ0n) is 9.80. The number of nitrogens with one attached hydrogen (secondary N) is 1. The number of aryl methyl sites for hydroxylation is 1. The van der Waals surface area contributed by atoms with Crippen LogP contribution in [0.2, 0.25) is 0 Å². The van der Waals surface area contributed by atoms with E-state index in [1.807, 2.05) is 0 Å². The van der Waals surface area contributed by atoms with Gasteiger partial charge in [-0.1, -0.05) is 6.07 Å². The van der Waals surface area contributed by atoms with E-state index in [2.05, 4.69) is 5.32 Å². The summed E-state index contributed by atoms with van der Waals surface area (Å²) in [5.74, 6) is -3.70. The molecule has 0 saturated carbocycles. The van der Waals surface area contributed by atoms with Crippen LogP contribution >= 0.6 is 0 Å². The molecule has 1 aromatic rings. The molecule has 0 bridgehead atoms. The van der Waals surface area contributed by atoms with Crippen molar-refractivity contribution in [3.05, 3.63) is 34.9 Å². The minimum atomic E-state index is -0.989. The first kappa shape index (κ1) is 14.1. The molecule has 0 aromatic heterocycles. The summed E-state index contributed by atoms with van der Waals surface area (Å²) in [4.78, 5) is 21.8. The van der Waals surface area contributed by atoms with Gasteiger partial charge in [-0.05, 0) is 25.0 Å². The monoisotopic (exact) mass is 257 g/mol. The van der Waals surface area contributed by atoms with Crippen LogP contribution in [-0.2, 0) is 4.79 Å². The van der Waals surface area contributed by atoms with Crippen LogP contribution in [0.15, 0.2) is 12.1 Å². The van der Waals surface area contributed by atoms with Gasteiger partial charge in [0.05, 0.1) is 0 Å². The van der Waals surface area contributed by atoms with Crippen molar-refractivity contribution in [3.63, 3.8) is 0 Å². The van der Waals surface area contributed by atoms with Gasteiger partial charge in [0, 0.05) is 13.0 Å². The Morgan fingerprint density at radius 3 is 2.61 bits per heavy atom. The number of carboxylic acid groups (broad SMARTS) is 1. The molecule has 0 aliphatic heterocycles. The third-order valence-electron chi connectivity index (χ3n) is 2.36. The van der Waals surface area contributed by atoms with Crippen molar-refractivity contribution in [1.82, 2.24) is 5.32 Å². The molecule has 0 radical (unpaired) electrons. The lowest BCUT2D eigenvalue weighted by Gasteiger charge is -2.08. The van der Waals surface area contributed by atoms with Crippen LogP contribution in [0.1, 0.15) is 28.8 Å². The van der Waals surface area contributed by atoms with E-state index in [-0.39, 0.29) is 24.9 Å². The molecular weight excluding hydrogens is 244 g/mol. The van der Waals surface area contributed by atoms with E-state index in [1.54, 1.807) is 0 Å². The van der Waals surface area contributed by atoms with E-state index in [1.165, 1.54) is 13.0 Å². The maximum Gasteiger partial charge on any atom is 0.303 e. The smallest absolute Gasteiger partial charge is 0.303 e. The van der Waals surface area contributed by atoms with Gasteiger partial charge in [-0.2, -0.15) is 0 Å². The Morgan fingerprint density at radius 2 is 2.00 bits per heavy atom. The summed E-state index contributed by atoms with van der Waals surface area (Å²) in [6, 6.07) is 2.26. The van der Waals surface area contributed by atoms with E-state index in [0.29, 0.717) is 0 Å². The van der Waals surface area contributed by atoms with Crippen LogP contribution in [0.4, 0.5) is 8.78 Å². The molecule has 0 unspecified atom stereocenters. The average Bonchev–Trinajstić information content (AvgIpc) is 2.30. The Bertz CT molecular complexity index is 475. The first-order valence-electron chi connectivity index (χ1n) is 5.38. The second kappa shape index (κ2) is 6.09. The summed E-state index contributed by atoms with van der Waals surface area (Å²) in [5.41, 5.74) is -0.461. The quantitative estimate of drug-likeness (QED) is 0.791. The number of carbonyl (C=O) groups is 2. The Morgan fingerprint density at radius 1 is 1.33 bits per heavy atom. The third-order valence-corrected chi connectivity index (χ3v) is 2.36.